The quantitative estimate of drug-likeness (QED) is 0.795. The Morgan fingerprint density at radius 3 is 2.35 bits per heavy atom. The molecule has 2 N–H and O–H groups in total. The minimum Gasteiger partial charge on any atom is -0.481 e. The Labute approximate surface area is 118 Å². The molecule has 0 spiro atoms. The van der Waals surface area contributed by atoms with Gasteiger partial charge in [0.1, 0.15) is 0 Å². The normalized spacial score (nSPS) is 16.1. The molecule has 1 saturated heterocycles. The summed E-state index contributed by atoms with van der Waals surface area (Å²) in [5, 5.41) is 11.8. The third kappa shape index (κ3) is 3.36. The van der Waals surface area contributed by atoms with E-state index in [1.807, 2.05) is 24.3 Å². The van der Waals surface area contributed by atoms with Crippen molar-refractivity contribution in [2.45, 2.75) is 12.8 Å². The average molecular weight is 276 g/mol. The number of aliphatic carboxylic acids is 1. The summed E-state index contributed by atoms with van der Waals surface area (Å²) in [5.74, 6) is -0.843. The number of benzene rings is 1. The highest BCUT2D eigenvalue weighted by atomic mass is 16.4. The van der Waals surface area contributed by atoms with Gasteiger partial charge in [-0.25, -0.2) is 0 Å². The number of hydrogen-bond donors (Lipinski definition) is 2. The summed E-state index contributed by atoms with van der Waals surface area (Å²) < 4.78 is 0. The molecule has 20 heavy (non-hydrogen) atoms. The van der Waals surface area contributed by atoms with Crippen molar-refractivity contribution < 1.29 is 14.7 Å². The van der Waals surface area contributed by atoms with E-state index in [1.165, 1.54) is 0 Å². The molecule has 1 heterocycles. The van der Waals surface area contributed by atoms with Gasteiger partial charge in [-0.2, -0.15) is 0 Å². The van der Waals surface area contributed by atoms with Gasteiger partial charge in [-0.1, -0.05) is 0 Å². The lowest BCUT2D eigenvalue weighted by Crippen LogP contribution is -2.36. The smallest absolute Gasteiger partial charge is 0.306 e. The lowest BCUT2D eigenvalue weighted by Gasteiger charge is -2.32. The van der Waals surface area contributed by atoms with Crippen molar-refractivity contribution in [3.8, 4) is 0 Å². The van der Waals surface area contributed by atoms with Gasteiger partial charge >= 0.3 is 5.97 Å². The summed E-state index contributed by atoms with van der Waals surface area (Å²) >= 11 is 0. The highest BCUT2D eigenvalue weighted by molar-refractivity contribution is 5.97. The van der Waals surface area contributed by atoms with Crippen molar-refractivity contribution in [2.24, 2.45) is 5.92 Å². The van der Waals surface area contributed by atoms with E-state index in [0.29, 0.717) is 24.9 Å². The highest BCUT2D eigenvalue weighted by Gasteiger charge is 2.24. The summed E-state index contributed by atoms with van der Waals surface area (Å²) in [6, 6.07) is 7.53. The molecule has 1 aliphatic heterocycles. The van der Waals surface area contributed by atoms with E-state index < -0.39 is 5.97 Å². The fraction of sp³-hybridized carbons (Fsp3) is 0.467. The predicted molar refractivity (Wildman–Crippen MR) is 77.3 cm³/mol. The molecule has 1 fully saturated rings. The van der Waals surface area contributed by atoms with Gasteiger partial charge in [0.05, 0.1) is 12.5 Å². The van der Waals surface area contributed by atoms with Crippen LogP contribution in [0.25, 0.3) is 0 Å². The van der Waals surface area contributed by atoms with Crippen LogP contribution in [0.5, 0.6) is 0 Å². The fourth-order valence-electron chi connectivity index (χ4n) is 2.51. The second-order valence-electron chi connectivity index (χ2n) is 5.10. The van der Waals surface area contributed by atoms with Gasteiger partial charge in [-0.05, 0) is 44.2 Å². The second-order valence-corrected chi connectivity index (χ2v) is 5.10. The van der Waals surface area contributed by atoms with Gasteiger partial charge in [0.25, 0.3) is 0 Å². The zero-order valence-electron chi connectivity index (χ0n) is 11.6. The molecule has 2 rings (SSSR count). The molecule has 5 heteroatoms. The van der Waals surface area contributed by atoms with Gasteiger partial charge in [0.2, 0.25) is 0 Å². The standard InChI is InChI=1S/C15H20N2O3/c1-16-10-14(18)11-2-4-13(5-3-11)17-8-6-12(7-9-17)15(19)20/h2-5,12,16H,6-10H2,1H3,(H,19,20). The third-order valence-electron chi connectivity index (χ3n) is 3.74. The molecule has 0 atom stereocenters. The number of hydrogen-bond acceptors (Lipinski definition) is 4. The number of carboxylic acid groups (broad SMARTS) is 1. The van der Waals surface area contributed by atoms with Crippen LogP contribution in [0.15, 0.2) is 24.3 Å². The Kier molecular flexibility index (Phi) is 4.74. The molecule has 0 amide bonds. The molecule has 0 bridgehead atoms. The largest absolute Gasteiger partial charge is 0.481 e. The number of ketones is 1. The number of likely N-dealkylation sites (N-methyl/N-ethyl adjacent to an activating group) is 1. The SMILES string of the molecule is CNCC(=O)c1ccc(N2CCC(C(=O)O)CC2)cc1. The van der Waals surface area contributed by atoms with Crippen LogP contribution in [0.4, 0.5) is 5.69 Å². The number of anilines is 1. The molecule has 1 aliphatic rings. The number of rotatable bonds is 5. The maximum atomic E-state index is 11.7. The lowest BCUT2D eigenvalue weighted by molar-refractivity contribution is -0.142. The number of carbonyl (C=O) groups is 2. The first-order chi connectivity index (χ1) is 9.61. The van der Waals surface area contributed by atoms with Crippen LogP contribution in [-0.4, -0.2) is 43.5 Å². The van der Waals surface area contributed by atoms with Crippen LogP contribution in [0.3, 0.4) is 0 Å². The Balaban J connectivity index is 1.97. The second kappa shape index (κ2) is 6.52. The van der Waals surface area contributed by atoms with E-state index in [0.717, 1.165) is 18.8 Å². The van der Waals surface area contributed by atoms with Gasteiger partial charge in [0.15, 0.2) is 5.78 Å². The molecule has 0 aromatic heterocycles. The fourth-order valence-corrected chi connectivity index (χ4v) is 2.51. The topological polar surface area (TPSA) is 69.6 Å². The summed E-state index contributed by atoms with van der Waals surface area (Å²) in [5.41, 5.74) is 1.75. The number of nitrogens with zero attached hydrogens (tertiary/aromatic N) is 1. The van der Waals surface area contributed by atoms with Crippen LogP contribution in [0.2, 0.25) is 0 Å². The van der Waals surface area contributed by atoms with E-state index >= 15 is 0 Å². The van der Waals surface area contributed by atoms with Crippen LogP contribution >= 0.6 is 0 Å². The Morgan fingerprint density at radius 2 is 1.85 bits per heavy atom. The van der Waals surface area contributed by atoms with Gasteiger partial charge in [-0.15, -0.1) is 0 Å². The lowest BCUT2D eigenvalue weighted by atomic mass is 9.96. The van der Waals surface area contributed by atoms with Crippen LogP contribution in [0, 0.1) is 5.92 Å². The summed E-state index contributed by atoms with van der Waals surface area (Å²) in [6.45, 7) is 1.84. The Bertz CT molecular complexity index is 476. The van der Waals surface area contributed by atoms with Crippen molar-refractivity contribution in [2.75, 3.05) is 31.6 Å². The molecule has 5 nitrogen and oxygen atoms in total. The Morgan fingerprint density at radius 1 is 1.25 bits per heavy atom. The van der Waals surface area contributed by atoms with Crippen LogP contribution in [-0.2, 0) is 4.79 Å². The highest BCUT2D eigenvalue weighted by Crippen LogP contribution is 2.23. The third-order valence-corrected chi connectivity index (χ3v) is 3.74. The van der Waals surface area contributed by atoms with E-state index in [1.54, 1.807) is 7.05 Å². The molecule has 0 saturated carbocycles. The van der Waals surface area contributed by atoms with Gasteiger partial charge in [-0.3, -0.25) is 9.59 Å². The molecule has 0 aliphatic carbocycles. The minimum atomic E-state index is -0.697. The van der Waals surface area contributed by atoms with E-state index in [9.17, 15) is 9.59 Å². The monoisotopic (exact) mass is 276 g/mol. The number of nitrogens with one attached hydrogen (secondary N) is 1. The van der Waals surface area contributed by atoms with Gasteiger partial charge in [0, 0.05) is 24.3 Å². The first-order valence-electron chi connectivity index (χ1n) is 6.87. The maximum Gasteiger partial charge on any atom is 0.306 e. The predicted octanol–water partition coefficient (Wildman–Crippen LogP) is 1.39. The van der Waals surface area contributed by atoms with Crippen LogP contribution in [0.1, 0.15) is 23.2 Å². The van der Waals surface area contributed by atoms with Crippen molar-refractivity contribution in [1.82, 2.24) is 5.32 Å². The van der Waals surface area contributed by atoms with Crippen molar-refractivity contribution in [3.63, 3.8) is 0 Å². The molecule has 1 aromatic carbocycles. The summed E-state index contributed by atoms with van der Waals surface area (Å²) in [6.07, 6.45) is 1.35. The first-order valence-corrected chi connectivity index (χ1v) is 6.87. The first kappa shape index (κ1) is 14.5. The molecule has 0 unspecified atom stereocenters. The summed E-state index contributed by atoms with van der Waals surface area (Å²) in [7, 11) is 1.75. The van der Waals surface area contributed by atoms with Crippen molar-refractivity contribution in [3.05, 3.63) is 29.8 Å². The number of carboxylic acids is 1. The van der Waals surface area contributed by atoms with Gasteiger partial charge < -0.3 is 15.3 Å². The van der Waals surface area contributed by atoms with Crippen LogP contribution < -0.4 is 10.2 Å². The number of Topliss-reactive ketones (excluding diaryl/α,β-unsaturated/α-hetero) is 1. The van der Waals surface area contributed by atoms with Crippen molar-refractivity contribution in [1.29, 1.82) is 0 Å². The Hall–Kier alpha value is -1.88. The molecular weight excluding hydrogens is 256 g/mol. The maximum absolute atomic E-state index is 11.7. The summed E-state index contributed by atoms with van der Waals surface area (Å²) in [4.78, 5) is 24.8. The minimum absolute atomic E-state index is 0.0728. The average Bonchev–Trinajstić information content (AvgIpc) is 2.48. The van der Waals surface area contributed by atoms with E-state index in [-0.39, 0.29) is 11.7 Å². The number of piperidine rings is 1. The number of carbonyl (C=O) groups excluding carboxylic acids is 1. The zero-order valence-corrected chi connectivity index (χ0v) is 11.6. The zero-order chi connectivity index (χ0) is 14.5. The van der Waals surface area contributed by atoms with Crippen molar-refractivity contribution >= 4 is 17.4 Å². The molecular formula is C15H20N2O3. The van der Waals surface area contributed by atoms with E-state index in [4.69, 9.17) is 5.11 Å². The molecule has 108 valence electrons. The molecule has 0 radical (unpaired) electrons. The van der Waals surface area contributed by atoms with E-state index in [2.05, 4.69) is 10.2 Å². The molecule has 1 aromatic rings.